The van der Waals surface area contributed by atoms with Crippen molar-refractivity contribution in [2.45, 2.75) is 32.6 Å². The second-order valence-corrected chi connectivity index (χ2v) is 3.38. The highest BCUT2D eigenvalue weighted by Gasteiger charge is 1.98. The zero-order chi connectivity index (χ0) is 10.2. The molecule has 1 N–H and O–H groups in total. The van der Waals surface area contributed by atoms with Gasteiger partial charge in [-0.05, 0) is 18.6 Å². The third-order valence-electron chi connectivity index (χ3n) is 2.12. The molecule has 0 bridgehead atoms. The molecule has 14 heavy (non-hydrogen) atoms. The fourth-order valence-corrected chi connectivity index (χ4v) is 1.29. The van der Waals surface area contributed by atoms with Gasteiger partial charge in [0.05, 0.1) is 6.61 Å². The van der Waals surface area contributed by atoms with Gasteiger partial charge in [-0.3, -0.25) is 0 Å². The number of ether oxygens (including phenoxy) is 1. The maximum Gasteiger partial charge on any atom is 0.160 e. The summed E-state index contributed by atoms with van der Waals surface area (Å²) >= 11 is 0. The van der Waals surface area contributed by atoms with Crippen LogP contribution >= 0.6 is 0 Å². The number of aromatic hydroxyl groups is 1. The van der Waals surface area contributed by atoms with E-state index in [0.717, 1.165) is 6.42 Å². The Morgan fingerprint density at radius 3 is 2.64 bits per heavy atom. The van der Waals surface area contributed by atoms with E-state index in [2.05, 4.69) is 6.92 Å². The summed E-state index contributed by atoms with van der Waals surface area (Å²) in [6.07, 6.45) is 4.74. The van der Waals surface area contributed by atoms with Crippen molar-refractivity contribution in [2.24, 2.45) is 0 Å². The lowest BCUT2D eigenvalue weighted by atomic mass is 10.2. The molecule has 1 rings (SSSR count). The molecule has 0 spiro atoms. The predicted molar refractivity (Wildman–Crippen MR) is 57.7 cm³/mol. The zero-order valence-corrected chi connectivity index (χ0v) is 8.70. The predicted octanol–water partition coefficient (Wildman–Crippen LogP) is 3.35. The summed E-state index contributed by atoms with van der Waals surface area (Å²) in [5.74, 6) is 0.812. The van der Waals surface area contributed by atoms with Crippen LogP contribution in [-0.2, 0) is 0 Å². The van der Waals surface area contributed by atoms with Crippen LogP contribution in [0.3, 0.4) is 0 Å². The summed E-state index contributed by atoms with van der Waals surface area (Å²) in [7, 11) is 0. The summed E-state index contributed by atoms with van der Waals surface area (Å²) in [5.41, 5.74) is 0. The van der Waals surface area contributed by atoms with Gasteiger partial charge in [0.1, 0.15) is 0 Å². The smallest absolute Gasteiger partial charge is 0.160 e. The van der Waals surface area contributed by atoms with Crippen molar-refractivity contribution in [1.82, 2.24) is 0 Å². The monoisotopic (exact) mass is 194 g/mol. The highest BCUT2D eigenvalue weighted by Crippen LogP contribution is 2.24. The van der Waals surface area contributed by atoms with Crippen LogP contribution in [-0.4, -0.2) is 11.7 Å². The van der Waals surface area contributed by atoms with Crippen LogP contribution in [0.15, 0.2) is 24.3 Å². The van der Waals surface area contributed by atoms with Crippen molar-refractivity contribution in [3.8, 4) is 11.5 Å². The van der Waals surface area contributed by atoms with Gasteiger partial charge in [-0.1, -0.05) is 38.3 Å². The number of para-hydroxylation sites is 2. The Hall–Kier alpha value is -1.18. The van der Waals surface area contributed by atoms with Gasteiger partial charge < -0.3 is 9.84 Å². The standard InChI is InChI=1S/C12H18O2/c1-2-3-4-7-10-14-12-9-6-5-8-11(12)13/h5-6,8-9,13H,2-4,7,10H2,1H3. The van der Waals surface area contributed by atoms with Crippen LogP contribution in [0.25, 0.3) is 0 Å². The molecule has 0 aliphatic carbocycles. The average Bonchev–Trinajstić information content (AvgIpc) is 2.20. The Labute approximate surface area is 85.5 Å². The minimum Gasteiger partial charge on any atom is -0.504 e. The van der Waals surface area contributed by atoms with E-state index in [1.807, 2.05) is 6.07 Å². The first-order valence-corrected chi connectivity index (χ1v) is 5.25. The first kappa shape index (κ1) is 10.9. The Bertz CT molecular complexity index is 258. The maximum absolute atomic E-state index is 9.39. The lowest BCUT2D eigenvalue weighted by molar-refractivity contribution is 0.289. The molecule has 78 valence electrons. The summed E-state index contributed by atoms with van der Waals surface area (Å²) in [4.78, 5) is 0. The molecule has 0 fully saturated rings. The van der Waals surface area contributed by atoms with Crippen molar-refractivity contribution >= 4 is 0 Å². The van der Waals surface area contributed by atoms with Gasteiger partial charge >= 0.3 is 0 Å². The average molecular weight is 194 g/mol. The van der Waals surface area contributed by atoms with Crippen molar-refractivity contribution < 1.29 is 9.84 Å². The van der Waals surface area contributed by atoms with Crippen LogP contribution in [0.1, 0.15) is 32.6 Å². The second kappa shape index (κ2) is 6.30. The van der Waals surface area contributed by atoms with E-state index in [9.17, 15) is 5.11 Å². The molecule has 1 aromatic rings. The van der Waals surface area contributed by atoms with E-state index in [0.29, 0.717) is 12.4 Å². The number of hydrogen-bond donors (Lipinski definition) is 1. The molecule has 0 amide bonds. The van der Waals surface area contributed by atoms with Crippen LogP contribution in [0.4, 0.5) is 0 Å². The van der Waals surface area contributed by atoms with Gasteiger partial charge in [-0.15, -0.1) is 0 Å². The quantitative estimate of drug-likeness (QED) is 0.704. The van der Waals surface area contributed by atoms with E-state index in [-0.39, 0.29) is 5.75 Å². The number of unbranched alkanes of at least 4 members (excludes halogenated alkanes) is 3. The van der Waals surface area contributed by atoms with Crippen LogP contribution in [0, 0.1) is 0 Å². The number of hydrogen-bond acceptors (Lipinski definition) is 2. The molecular formula is C12H18O2. The van der Waals surface area contributed by atoms with Gasteiger partial charge in [0.25, 0.3) is 0 Å². The fraction of sp³-hybridized carbons (Fsp3) is 0.500. The highest BCUT2D eigenvalue weighted by molar-refractivity contribution is 5.37. The van der Waals surface area contributed by atoms with Crippen LogP contribution < -0.4 is 4.74 Å². The van der Waals surface area contributed by atoms with Gasteiger partial charge in [0.15, 0.2) is 11.5 Å². The van der Waals surface area contributed by atoms with Gasteiger partial charge in [-0.2, -0.15) is 0 Å². The molecule has 0 unspecified atom stereocenters. The zero-order valence-electron chi connectivity index (χ0n) is 8.70. The van der Waals surface area contributed by atoms with Crippen LogP contribution in [0.5, 0.6) is 11.5 Å². The first-order valence-electron chi connectivity index (χ1n) is 5.25. The van der Waals surface area contributed by atoms with Crippen molar-refractivity contribution in [2.75, 3.05) is 6.61 Å². The highest BCUT2D eigenvalue weighted by atomic mass is 16.5. The molecule has 0 saturated carbocycles. The third-order valence-corrected chi connectivity index (χ3v) is 2.12. The Morgan fingerprint density at radius 1 is 1.14 bits per heavy atom. The summed E-state index contributed by atoms with van der Waals surface area (Å²) < 4.78 is 5.43. The number of phenolic OH excluding ortho intramolecular Hbond substituents is 1. The Balaban J connectivity index is 2.21. The molecule has 0 aromatic heterocycles. The molecule has 2 nitrogen and oxygen atoms in total. The van der Waals surface area contributed by atoms with E-state index >= 15 is 0 Å². The molecule has 0 radical (unpaired) electrons. The van der Waals surface area contributed by atoms with Crippen LogP contribution in [0.2, 0.25) is 0 Å². The first-order chi connectivity index (χ1) is 6.84. The Morgan fingerprint density at radius 2 is 1.93 bits per heavy atom. The van der Waals surface area contributed by atoms with E-state index in [1.54, 1.807) is 18.2 Å². The van der Waals surface area contributed by atoms with Gasteiger partial charge in [0.2, 0.25) is 0 Å². The van der Waals surface area contributed by atoms with E-state index in [4.69, 9.17) is 4.74 Å². The number of benzene rings is 1. The van der Waals surface area contributed by atoms with Crippen molar-refractivity contribution in [3.63, 3.8) is 0 Å². The minimum absolute atomic E-state index is 0.225. The summed E-state index contributed by atoms with van der Waals surface area (Å²) in [6.45, 7) is 2.88. The summed E-state index contributed by atoms with van der Waals surface area (Å²) in [6, 6.07) is 7.08. The lowest BCUT2D eigenvalue weighted by Crippen LogP contribution is -1.97. The largest absolute Gasteiger partial charge is 0.504 e. The molecule has 2 heteroatoms. The minimum atomic E-state index is 0.225. The SMILES string of the molecule is CCCCCCOc1ccccc1O. The van der Waals surface area contributed by atoms with E-state index in [1.165, 1.54) is 19.3 Å². The van der Waals surface area contributed by atoms with Gasteiger partial charge in [-0.25, -0.2) is 0 Å². The molecule has 1 aromatic carbocycles. The molecule has 0 atom stereocenters. The Kier molecular flexibility index (Phi) is 4.90. The normalized spacial score (nSPS) is 10.1. The lowest BCUT2D eigenvalue weighted by Gasteiger charge is -2.06. The van der Waals surface area contributed by atoms with Crippen molar-refractivity contribution in [1.29, 1.82) is 0 Å². The number of phenols is 1. The fourth-order valence-electron chi connectivity index (χ4n) is 1.29. The molecular weight excluding hydrogens is 176 g/mol. The van der Waals surface area contributed by atoms with Crippen molar-refractivity contribution in [3.05, 3.63) is 24.3 Å². The molecule has 0 saturated heterocycles. The maximum atomic E-state index is 9.39. The van der Waals surface area contributed by atoms with Gasteiger partial charge in [0, 0.05) is 0 Å². The number of rotatable bonds is 6. The summed E-state index contributed by atoms with van der Waals surface area (Å²) in [5, 5.41) is 9.39. The molecule has 0 heterocycles. The van der Waals surface area contributed by atoms with E-state index < -0.39 is 0 Å². The molecule has 0 aliphatic heterocycles. The third kappa shape index (κ3) is 3.69. The topological polar surface area (TPSA) is 29.5 Å². The molecule has 0 aliphatic rings. The second-order valence-electron chi connectivity index (χ2n) is 3.38.